The van der Waals surface area contributed by atoms with Crippen LogP contribution in [0.4, 0.5) is 0 Å². The van der Waals surface area contributed by atoms with E-state index in [9.17, 15) is 9.59 Å². The van der Waals surface area contributed by atoms with E-state index >= 15 is 0 Å². The molecule has 0 spiro atoms. The average molecular weight is 234 g/mol. The molecular formula is C10H18O4S. The third-order valence-electron chi connectivity index (χ3n) is 1.58. The first kappa shape index (κ1) is 14.3. The van der Waals surface area contributed by atoms with E-state index in [1.54, 1.807) is 13.8 Å². The maximum Gasteiger partial charge on any atom is 0.306 e. The molecule has 0 aliphatic heterocycles. The van der Waals surface area contributed by atoms with Crippen molar-refractivity contribution in [1.82, 2.24) is 0 Å². The zero-order valence-electron chi connectivity index (χ0n) is 9.28. The lowest BCUT2D eigenvalue weighted by atomic mass is 10.5. The molecule has 0 saturated heterocycles. The Bertz CT molecular complexity index is 174. The Morgan fingerprint density at radius 3 is 2.27 bits per heavy atom. The Morgan fingerprint density at radius 1 is 1.07 bits per heavy atom. The number of rotatable bonds is 8. The van der Waals surface area contributed by atoms with E-state index in [0.717, 1.165) is 12.2 Å². The summed E-state index contributed by atoms with van der Waals surface area (Å²) >= 11 is 1.52. The van der Waals surface area contributed by atoms with Crippen molar-refractivity contribution < 1.29 is 19.1 Å². The van der Waals surface area contributed by atoms with Crippen LogP contribution in [0.25, 0.3) is 0 Å². The molecule has 0 saturated carbocycles. The highest BCUT2D eigenvalue weighted by molar-refractivity contribution is 7.99. The Labute approximate surface area is 94.7 Å². The molecule has 0 rings (SSSR count). The van der Waals surface area contributed by atoms with Crippen molar-refractivity contribution in [3.8, 4) is 0 Å². The van der Waals surface area contributed by atoms with Gasteiger partial charge in [0.15, 0.2) is 0 Å². The number of thioether (sulfide) groups is 1. The van der Waals surface area contributed by atoms with Crippen LogP contribution in [-0.4, -0.2) is 30.2 Å². The third-order valence-corrected chi connectivity index (χ3v) is 2.44. The lowest BCUT2D eigenvalue weighted by Gasteiger charge is -2.04. The number of hydrogen-bond donors (Lipinski definition) is 0. The minimum atomic E-state index is -0.181. The Balaban J connectivity index is 3.11. The maximum atomic E-state index is 10.7. The monoisotopic (exact) mass is 234 g/mol. The highest BCUT2D eigenvalue weighted by Gasteiger charge is 1.99. The minimum absolute atomic E-state index is 0.169. The molecule has 0 bridgehead atoms. The fraction of sp³-hybridized carbons (Fsp3) is 0.800. The summed E-state index contributed by atoms with van der Waals surface area (Å²) in [5.74, 6) is 0.861. The van der Waals surface area contributed by atoms with Crippen LogP contribution in [0, 0.1) is 0 Å². The van der Waals surface area contributed by atoms with Crippen molar-refractivity contribution in [2.24, 2.45) is 0 Å². The van der Waals surface area contributed by atoms with E-state index in [4.69, 9.17) is 9.47 Å². The number of carbonyl (C=O) groups excluding carboxylic acids is 2. The largest absolute Gasteiger partial charge is 0.466 e. The van der Waals surface area contributed by atoms with Gasteiger partial charge in [0.1, 0.15) is 5.94 Å². The summed E-state index contributed by atoms with van der Waals surface area (Å²) in [6.45, 7) is 3.97. The standard InChI is InChI=1S/C10H18O4S/c1-3-9(11)13-6-5-7-15-8-14-10(12)4-2/h3-8H2,1-2H3. The molecule has 5 heteroatoms. The van der Waals surface area contributed by atoms with E-state index in [1.807, 2.05) is 0 Å². The molecule has 0 N–H and O–H groups in total. The molecule has 0 radical (unpaired) electrons. The molecule has 0 unspecified atom stereocenters. The van der Waals surface area contributed by atoms with E-state index in [0.29, 0.717) is 25.4 Å². The van der Waals surface area contributed by atoms with Gasteiger partial charge in [-0.2, -0.15) is 0 Å². The summed E-state index contributed by atoms with van der Waals surface area (Å²) in [4.78, 5) is 21.5. The first-order valence-corrected chi connectivity index (χ1v) is 6.25. The molecule has 0 fully saturated rings. The van der Waals surface area contributed by atoms with Crippen LogP contribution in [0.15, 0.2) is 0 Å². The van der Waals surface area contributed by atoms with Crippen LogP contribution in [0.5, 0.6) is 0 Å². The predicted molar refractivity (Wildman–Crippen MR) is 59.6 cm³/mol. The SMILES string of the molecule is CCC(=O)OCCCSCOC(=O)CC. The molecule has 0 aromatic carbocycles. The fourth-order valence-corrected chi connectivity index (χ4v) is 1.37. The number of esters is 2. The lowest BCUT2D eigenvalue weighted by molar-refractivity contribution is -0.143. The summed E-state index contributed by atoms with van der Waals surface area (Å²) < 4.78 is 9.74. The summed E-state index contributed by atoms with van der Waals surface area (Å²) in [7, 11) is 0. The lowest BCUT2D eigenvalue weighted by Crippen LogP contribution is -2.05. The molecule has 88 valence electrons. The quantitative estimate of drug-likeness (QED) is 0.365. The molecule has 4 nitrogen and oxygen atoms in total. The molecule has 15 heavy (non-hydrogen) atoms. The second-order valence-corrected chi connectivity index (χ2v) is 3.88. The van der Waals surface area contributed by atoms with E-state index in [-0.39, 0.29) is 11.9 Å². The van der Waals surface area contributed by atoms with Crippen LogP contribution < -0.4 is 0 Å². The molecular weight excluding hydrogens is 216 g/mol. The van der Waals surface area contributed by atoms with Gasteiger partial charge >= 0.3 is 11.9 Å². The van der Waals surface area contributed by atoms with Gasteiger partial charge in [-0.3, -0.25) is 9.59 Å². The van der Waals surface area contributed by atoms with Crippen molar-refractivity contribution >= 4 is 23.7 Å². The summed E-state index contributed by atoms with van der Waals surface area (Å²) in [6.07, 6.45) is 1.62. The minimum Gasteiger partial charge on any atom is -0.466 e. The highest BCUT2D eigenvalue weighted by atomic mass is 32.2. The van der Waals surface area contributed by atoms with Gasteiger partial charge in [-0.05, 0) is 12.2 Å². The van der Waals surface area contributed by atoms with Crippen LogP contribution >= 0.6 is 11.8 Å². The summed E-state index contributed by atoms with van der Waals surface area (Å²) in [5, 5.41) is 0. The van der Waals surface area contributed by atoms with Gasteiger partial charge in [0.25, 0.3) is 0 Å². The molecule has 0 amide bonds. The average Bonchev–Trinajstić information content (AvgIpc) is 2.26. The number of ether oxygens (including phenoxy) is 2. The van der Waals surface area contributed by atoms with Gasteiger partial charge in [0.2, 0.25) is 0 Å². The number of hydrogen-bond acceptors (Lipinski definition) is 5. The van der Waals surface area contributed by atoms with Gasteiger partial charge in [0, 0.05) is 12.8 Å². The first-order chi connectivity index (χ1) is 7.20. The molecule has 0 aliphatic carbocycles. The van der Waals surface area contributed by atoms with Crippen molar-refractivity contribution in [2.45, 2.75) is 33.1 Å². The molecule has 0 aromatic rings. The molecule has 0 heterocycles. The Kier molecular flexibility index (Phi) is 9.36. The zero-order chi connectivity index (χ0) is 11.5. The van der Waals surface area contributed by atoms with E-state index in [1.165, 1.54) is 11.8 Å². The van der Waals surface area contributed by atoms with E-state index in [2.05, 4.69) is 0 Å². The van der Waals surface area contributed by atoms with Crippen molar-refractivity contribution in [1.29, 1.82) is 0 Å². The smallest absolute Gasteiger partial charge is 0.306 e. The van der Waals surface area contributed by atoms with Gasteiger partial charge in [-0.1, -0.05) is 13.8 Å². The first-order valence-electron chi connectivity index (χ1n) is 5.09. The molecule has 0 aliphatic rings. The van der Waals surface area contributed by atoms with Crippen LogP contribution in [0.1, 0.15) is 33.1 Å². The normalized spacial score (nSPS) is 9.73. The maximum absolute atomic E-state index is 10.7. The van der Waals surface area contributed by atoms with Gasteiger partial charge in [-0.15, -0.1) is 11.8 Å². The van der Waals surface area contributed by atoms with Crippen molar-refractivity contribution in [2.75, 3.05) is 18.3 Å². The highest BCUT2D eigenvalue weighted by Crippen LogP contribution is 2.04. The van der Waals surface area contributed by atoms with Gasteiger partial charge in [-0.25, -0.2) is 0 Å². The second kappa shape index (κ2) is 9.83. The summed E-state index contributed by atoms with van der Waals surface area (Å²) in [6, 6.07) is 0. The Morgan fingerprint density at radius 2 is 1.67 bits per heavy atom. The van der Waals surface area contributed by atoms with Crippen molar-refractivity contribution in [3.63, 3.8) is 0 Å². The van der Waals surface area contributed by atoms with Crippen molar-refractivity contribution in [3.05, 3.63) is 0 Å². The van der Waals surface area contributed by atoms with Gasteiger partial charge in [0.05, 0.1) is 6.61 Å². The topological polar surface area (TPSA) is 52.6 Å². The zero-order valence-corrected chi connectivity index (χ0v) is 10.1. The number of carbonyl (C=O) groups is 2. The van der Waals surface area contributed by atoms with E-state index < -0.39 is 0 Å². The third kappa shape index (κ3) is 9.59. The van der Waals surface area contributed by atoms with Crippen LogP contribution in [0.3, 0.4) is 0 Å². The molecule has 0 aromatic heterocycles. The Hall–Kier alpha value is -0.710. The predicted octanol–water partition coefficient (Wildman–Crippen LogP) is 1.97. The second-order valence-electron chi connectivity index (χ2n) is 2.82. The van der Waals surface area contributed by atoms with Gasteiger partial charge < -0.3 is 9.47 Å². The molecule has 0 atom stereocenters. The van der Waals surface area contributed by atoms with Crippen LogP contribution in [-0.2, 0) is 19.1 Å². The van der Waals surface area contributed by atoms with Crippen LogP contribution in [0.2, 0.25) is 0 Å². The fourth-order valence-electron chi connectivity index (χ4n) is 0.717. The summed E-state index contributed by atoms with van der Waals surface area (Å²) in [5.41, 5.74) is 0.